The van der Waals surface area contributed by atoms with E-state index in [9.17, 15) is 14.0 Å². The van der Waals surface area contributed by atoms with E-state index in [0.717, 1.165) is 31.1 Å². The normalized spacial score (nSPS) is 18.4. The lowest BCUT2D eigenvalue weighted by molar-refractivity contribution is -0.125. The highest BCUT2D eigenvalue weighted by Gasteiger charge is 2.33. The van der Waals surface area contributed by atoms with Crippen LogP contribution >= 0.6 is 23.2 Å². The first-order chi connectivity index (χ1) is 16.2. The molecule has 2 N–H and O–H groups in total. The SMILES string of the molecule is CC(C=O)(CN1CCC[C@H](C(N)=O)C1)Oc1ccc2c(-c3ccc(F)cc3Cl)cc(Cl)nc2c1. The van der Waals surface area contributed by atoms with Gasteiger partial charge in [0.25, 0.3) is 0 Å². The van der Waals surface area contributed by atoms with Crippen molar-refractivity contribution in [3.8, 4) is 16.9 Å². The van der Waals surface area contributed by atoms with Gasteiger partial charge in [0, 0.05) is 30.1 Å². The van der Waals surface area contributed by atoms with Crippen LogP contribution in [-0.2, 0) is 9.59 Å². The lowest BCUT2D eigenvalue weighted by Crippen LogP contribution is -2.51. The number of aromatic nitrogens is 1. The number of halogens is 3. The average molecular weight is 504 g/mol. The number of primary amides is 1. The third-order valence-corrected chi connectivity index (χ3v) is 6.52. The van der Waals surface area contributed by atoms with Crippen molar-refractivity contribution in [2.24, 2.45) is 11.7 Å². The van der Waals surface area contributed by atoms with Crippen molar-refractivity contribution in [3.05, 3.63) is 58.5 Å². The van der Waals surface area contributed by atoms with E-state index in [0.29, 0.717) is 35.5 Å². The zero-order valence-corrected chi connectivity index (χ0v) is 20.1. The van der Waals surface area contributed by atoms with Crippen LogP contribution in [0.15, 0.2) is 42.5 Å². The fraction of sp³-hybridized carbons (Fsp3) is 0.320. The number of carbonyl (C=O) groups is 2. The van der Waals surface area contributed by atoms with Crippen LogP contribution in [0, 0.1) is 11.7 Å². The summed E-state index contributed by atoms with van der Waals surface area (Å²) in [4.78, 5) is 30.0. The molecule has 0 aliphatic carbocycles. The number of fused-ring (bicyclic) bond motifs is 1. The molecule has 4 rings (SSSR count). The molecule has 1 aliphatic heterocycles. The fourth-order valence-electron chi connectivity index (χ4n) is 4.41. The molecular formula is C25H24Cl2FN3O3. The first-order valence-electron chi connectivity index (χ1n) is 10.9. The first kappa shape index (κ1) is 24.4. The Balaban J connectivity index is 1.62. The number of hydrogen-bond donors (Lipinski definition) is 1. The smallest absolute Gasteiger partial charge is 0.221 e. The molecule has 0 spiro atoms. The molecular weight excluding hydrogens is 480 g/mol. The summed E-state index contributed by atoms with van der Waals surface area (Å²) in [5.41, 5.74) is 6.20. The maximum absolute atomic E-state index is 13.5. The zero-order chi connectivity index (χ0) is 24.5. The Morgan fingerprint density at radius 1 is 1.26 bits per heavy atom. The predicted molar refractivity (Wildman–Crippen MR) is 131 cm³/mol. The Labute approximate surface area is 206 Å². The van der Waals surface area contributed by atoms with Crippen LogP contribution in [0.1, 0.15) is 19.8 Å². The highest BCUT2D eigenvalue weighted by atomic mass is 35.5. The third-order valence-electron chi connectivity index (χ3n) is 6.02. The minimum Gasteiger partial charge on any atom is -0.479 e. The minimum absolute atomic E-state index is 0.228. The van der Waals surface area contributed by atoms with E-state index in [-0.39, 0.29) is 22.0 Å². The molecule has 1 aromatic heterocycles. The molecule has 0 bridgehead atoms. The van der Waals surface area contributed by atoms with Crippen molar-refractivity contribution in [3.63, 3.8) is 0 Å². The Bertz CT molecular complexity index is 1260. The molecule has 3 aromatic rings. The molecule has 2 aromatic carbocycles. The van der Waals surface area contributed by atoms with Crippen LogP contribution in [0.5, 0.6) is 5.75 Å². The molecule has 0 saturated carbocycles. The van der Waals surface area contributed by atoms with Gasteiger partial charge in [0.05, 0.1) is 16.5 Å². The fourth-order valence-corrected chi connectivity index (χ4v) is 4.88. The van der Waals surface area contributed by atoms with Gasteiger partial charge in [-0.1, -0.05) is 23.2 Å². The average Bonchev–Trinajstić information content (AvgIpc) is 2.78. The number of nitrogens with zero attached hydrogens (tertiary/aromatic N) is 2. The maximum Gasteiger partial charge on any atom is 0.221 e. The molecule has 1 amide bonds. The van der Waals surface area contributed by atoms with E-state index in [2.05, 4.69) is 4.98 Å². The van der Waals surface area contributed by atoms with Crippen molar-refractivity contribution < 1.29 is 18.7 Å². The number of benzene rings is 2. The molecule has 1 saturated heterocycles. The number of likely N-dealkylation sites (tertiary alicyclic amines) is 1. The molecule has 9 heteroatoms. The second-order valence-electron chi connectivity index (χ2n) is 8.80. The van der Waals surface area contributed by atoms with Crippen molar-refractivity contribution in [1.29, 1.82) is 0 Å². The highest BCUT2D eigenvalue weighted by molar-refractivity contribution is 6.34. The number of aldehydes is 1. The molecule has 6 nitrogen and oxygen atoms in total. The monoisotopic (exact) mass is 503 g/mol. The summed E-state index contributed by atoms with van der Waals surface area (Å²) in [5, 5.41) is 1.25. The van der Waals surface area contributed by atoms with Gasteiger partial charge in [-0.05, 0) is 68.3 Å². The van der Waals surface area contributed by atoms with Crippen molar-refractivity contribution in [2.75, 3.05) is 19.6 Å². The standard InChI is InChI=1S/C25H24Cl2FN3O3/c1-25(14-32,13-31-8-2-3-15(12-31)24(29)33)34-17-5-7-19-20(11-23(27)30-22(19)10-17)18-6-4-16(28)9-21(18)26/h4-7,9-11,14-15H,2-3,8,12-13H2,1H3,(H2,29,33)/t15-,25?/m0/s1. The van der Waals surface area contributed by atoms with Gasteiger partial charge in [-0.15, -0.1) is 0 Å². The van der Waals surface area contributed by atoms with E-state index in [1.54, 1.807) is 37.3 Å². The van der Waals surface area contributed by atoms with Gasteiger partial charge < -0.3 is 10.5 Å². The van der Waals surface area contributed by atoms with E-state index in [4.69, 9.17) is 33.7 Å². The molecule has 34 heavy (non-hydrogen) atoms. The molecule has 2 heterocycles. The van der Waals surface area contributed by atoms with Crippen LogP contribution in [0.25, 0.3) is 22.0 Å². The van der Waals surface area contributed by atoms with E-state index in [1.165, 1.54) is 12.1 Å². The predicted octanol–water partition coefficient (Wildman–Crippen LogP) is 4.88. The van der Waals surface area contributed by atoms with Crippen LogP contribution in [-0.4, -0.2) is 47.3 Å². The molecule has 1 aliphatic rings. The first-order valence-corrected chi connectivity index (χ1v) is 11.7. The Morgan fingerprint density at radius 3 is 2.76 bits per heavy atom. The summed E-state index contributed by atoms with van der Waals surface area (Å²) >= 11 is 12.5. The van der Waals surface area contributed by atoms with Gasteiger partial charge >= 0.3 is 0 Å². The number of carbonyl (C=O) groups excluding carboxylic acids is 2. The Morgan fingerprint density at radius 2 is 2.06 bits per heavy atom. The number of piperidine rings is 1. The van der Waals surface area contributed by atoms with Crippen molar-refractivity contribution in [2.45, 2.75) is 25.4 Å². The van der Waals surface area contributed by atoms with E-state index in [1.807, 2.05) is 4.90 Å². The lowest BCUT2D eigenvalue weighted by Gasteiger charge is -2.36. The zero-order valence-electron chi connectivity index (χ0n) is 18.6. The number of pyridine rings is 1. The summed E-state index contributed by atoms with van der Waals surface area (Å²) in [6.07, 6.45) is 2.35. The van der Waals surface area contributed by atoms with Gasteiger partial charge in [0.2, 0.25) is 5.91 Å². The summed E-state index contributed by atoms with van der Waals surface area (Å²) in [5.74, 6) is -0.546. The van der Waals surface area contributed by atoms with Gasteiger partial charge in [0.15, 0.2) is 11.9 Å². The molecule has 0 radical (unpaired) electrons. The third kappa shape index (κ3) is 5.32. The molecule has 2 atom stereocenters. The number of rotatable bonds is 7. The number of hydrogen-bond acceptors (Lipinski definition) is 5. The summed E-state index contributed by atoms with van der Waals surface area (Å²) in [6, 6.07) is 11.1. The van der Waals surface area contributed by atoms with Crippen LogP contribution < -0.4 is 10.5 Å². The minimum atomic E-state index is -1.14. The summed E-state index contributed by atoms with van der Waals surface area (Å²) in [6.45, 7) is 3.27. The van der Waals surface area contributed by atoms with E-state index >= 15 is 0 Å². The lowest BCUT2D eigenvalue weighted by atomic mass is 9.96. The van der Waals surface area contributed by atoms with Gasteiger partial charge in [-0.2, -0.15) is 0 Å². The van der Waals surface area contributed by atoms with Crippen LogP contribution in [0.3, 0.4) is 0 Å². The van der Waals surface area contributed by atoms with Crippen molar-refractivity contribution >= 4 is 46.3 Å². The highest BCUT2D eigenvalue weighted by Crippen LogP contribution is 2.36. The van der Waals surface area contributed by atoms with Gasteiger partial charge in [0.1, 0.15) is 16.7 Å². The largest absolute Gasteiger partial charge is 0.479 e. The maximum atomic E-state index is 13.5. The van der Waals surface area contributed by atoms with Crippen molar-refractivity contribution in [1.82, 2.24) is 9.88 Å². The topological polar surface area (TPSA) is 85.5 Å². The number of ether oxygens (including phenoxy) is 1. The summed E-state index contributed by atoms with van der Waals surface area (Å²) in [7, 11) is 0. The Kier molecular flexibility index (Phi) is 7.07. The second kappa shape index (κ2) is 9.86. The van der Waals surface area contributed by atoms with Gasteiger partial charge in [-0.3, -0.25) is 14.5 Å². The number of amides is 1. The molecule has 1 unspecified atom stereocenters. The van der Waals surface area contributed by atoms with Gasteiger partial charge in [-0.25, -0.2) is 9.37 Å². The Hall–Kier alpha value is -2.74. The second-order valence-corrected chi connectivity index (χ2v) is 9.60. The van der Waals surface area contributed by atoms with Crippen LogP contribution in [0.2, 0.25) is 10.2 Å². The van der Waals surface area contributed by atoms with E-state index < -0.39 is 11.4 Å². The molecule has 178 valence electrons. The number of nitrogens with two attached hydrogens (primary N) is 1. The summed E-state index contributed by atoms with van der Waals surface area (Å²) < 4.78 is 19.6. The molecule has 1 fully saturated rings. The van der Waals surface area contributed by atoms with Crippen LogP contribution in [0.4, 0.5) is 4.39 Å². The quantitative estimate of drug-likeness (QED) is 0.366.